The number of hydrogen-bond donors (Lipinski definition) is 1. The first-order chi connectivity index (χ1) is 17.4. The zero-order valence-corrected chi connectivity index (χ0v) is 18.4. The minimum atomic E-state index is -4.76. The van der Waals surface area contributed by atoms with Crippen LogP contribution < -0.4 is 4.90 Å². The van der Waals surface area contributed by atoms with Gasteiger partial charge in [0.15, 0.2) is 0 Å². The molecule has 0 radical (unpaired) electrons. The van der Waals surface area contributed by atoms with Crippen LogP contribution in [0.3, 0.4) is 0 Å². The van der Waals surface area contributed by atoms with Crippen molar-refractivity contribution in [3.63, 3.8) is 0 Å². The van der Waals surface area contributed by atoms with Crippen molar-refractivity contribution in [1.82, 2.24) is 0 Å². The summed E-state index contributed by atoms with van der Waals surface area (Å²) in [6.45, 7) is 0. The molecule has 1 aliphatic rings. The fourth-order valence-electron chi connectivity index (χ4n) is 3.92. The number of nitrogens with zero attached hydrogens (tertiary/aromatic N) is 3. The van der Waals surface area contributed by atoms with E-state index in [0.717, 1.165) is 53.4 Å². The van der Waals surface area contributed by atoms with Gasteiger partial charge in [-0.15, -0.1) is 0 Å². The summed E-state index contributed by atoms with van der Waals surface area (Å²) >= 11 is 0. The molecule has 0 aliphatic carbocycles. The Labute approximate surface area is 205 Å². The molecule has 1 atom stereocenters. The van der Waals surface area contributed by atoms with Crippen molar-refractivity contribution in [3.8, 4) is 0 Å². The molecule has 1 fully saturated rings. The highest BCUT2D eigenvalue weighted by atomic mass is 19.4. The molecule has 1 saturated heterocycles. The Morgan fingerprint density at radius 1 is 0.865 bits per heavy atom. The third-order valence-electron chi connectivity index (χ3n) is 5.67. The van der Waals surface area contributed by atoms with Crippen LogP contribution in [0.25, 0.3) is 5.76 Å². The number of halogens is 3. The van der Waals surface area contributed by atoms with Gasteiger partial charge >= 0.3 is 6.18 Å². The Bertz CT molecular complexity index is 1470. The second kappa shape index (κ2) is 9.18. The molecular weight excluding hydrogens is 499 g/mol. The smallest absolute Gasteiger partial charge is 0.416 e. The summed E-state index contributed by atoms with van der Waals surface area (Å²) in [5.41, 5.74) is -2.52. The minimum absolute atomic E-state index is 0.0699. The lowest BCUT2D eigenvalue weighted by Gasteiger charge is -2.26. The van der Waals surface area contributed by atoms with Crippen LogP contribution in [0.15, 0.2) is 78.4 Å². The molecule has 37 heavy (non-hydrogen) atoms. The topological polar surface area (TPSA) is 144 Å². The van der Waals surface area contributed by atoms with Crippen molar-refractivity contribution < 1.29 is 37.7 Å². The normalized spacial score (nSPS) is 17.2. The van der Waals surface area contributed by atoms with Crippen molar-refractivity contribution in [1.29, 1.82) is 0 Å². The summed E-state index contributed by atoms with van der Waals surface area (Å²) in [4.78, 5) is 47.5. The van der Waals surface area contributed by atoms with E-state index in [1.165, 1.54) is 18.2 Å². The van der Waals surface area contributed by atoms with Gasteiger partial charge in [-0.25, -0.2) is 0 Å². The van der Waals surface area contributed by atoms with Gasteiger partial charge in [0.05, 0.1) is 27.0 Å². The molecule has 1 N–H and O–H groups in total. The highest BCUT2D eigenvalue weighted by molar-refractivity contribution is 6.51. The maximum Gasteiger partial charge on any atom is 0.416 e. The number of rotatable bonds is 5. The molecule has 3 aromatic rings. The van der Waals surface area contributed by atoms with Crippen LogP contribution in [0.4, 0.5) is 30.2 Å². The van der Waals surface area contributed by atoms with E-state index in [0.29, 0.717) is 6.07 Å². The quantitative estimate of drug-likeness (QED) is 0.163. The molecule has 0 spiro atoms. The van der Waals surface area contributed by atoms with E-state index >= 15 is 0 Å². The Morgan fingerprint density at radius 2 is 1.41 bits per heavy atom. The number of nitro benzene ring substituents is 2. The highest BCUT2D eigenvalue weighted by Crippen LogP contribution is 2.43. The van der Waals surface area contributed by atoms with E-state index < -0.39 is 50.7 Å². The van der Waals surface area contributed by atoms with Crippen molar-refractivity contribution in [2.45, 2.75) is 12.2 Å². The summed E-state index contributed by atoms with van der Waals surface area (Å²) in [5, 5.41) is 33.0. The minimum Gasteiger partial charge on any atom is -0.507 e. The monoisotopic (exact) mass is 513 g/mol. The predicted molar refractivity (Wildman–Crippen MR) is 122 cm³/mol. The van der Waals surface area contributed by atoms with Gasteiger partial charge in [-0.1, -0.05) is 6.07 Å². The Balaban J connectivity index is 1.93. The molecule has 0 aromatic heterocycles. The fraction of sp³-hybridized carbons (Fsp3) is 0.0833. The van der Waals surface area contributed by atoms with Gasteiger partial charge in [0.25, 0.3) is 23.1 Å². The first-order valence-corrected chi connectivity index (χ1v) is 10.4. The van der Waals surface area contributed by atoms with Crippen LogP contribution >= 0.6 is 0 Å². The van der Waals surface area contributed by atoms with Gasteiger partial charge in [0.2, 0.25) is 0 Å². The number of Topliss-reactive ketones (excluding diaryl/α,β-unsaturated/α-hetero) is 1. The molecule has 0 bridgehead atoms. The lowest BCUT2D eigenvalue weighted by atomic mass is 9.95. The van der Waals surface area contributed by atoms with Crippen LogP contribution in [-0.2, 0) is 15.8 Å². The number of benzene rings is 3. The van der Waals surface area contributed by atoms with Gasteiger partial charge in [-0.2, -0.15) is 13.2 Å². The molecule has 10 nitrogen and oxygen atoms in total. The van der Waals surface area contributed by atoms with Crippen molar-refractivity contribution >= 4 is 34.5 Å². The number of aliphatic hydroxyl groups is 1. The molecule has 1 amide bonds. The number of hydrogen-bond acceptors (Lipinski definition) is 7. The molecule has 188 valence electrons. The van der Waals surface area contributed by atoms with Crippen LogP contribution in [0.5, 0.6) is 0 Å². The lowest BCUT2D eigenvalue weighted by molar-refractivity contribution is -0.385. The van der Waals surface area contributed by atoms with Crippen LogP contribution in [0, 0.1) is 20.2 Å². The van der Waals surface area contributed by atoms with Gasteiger partial charge < -0.3 is 5.11 Å². The standard InChI is InChI=1S/C24H14F3N3O7/c25-24(26,27)15-2-1-3-18(12-15)28-20(13-4-8-16(9-5-13)29(34)35)19(22(32)23(28)33)21(31)14-6-10-17(11-7-14)30(36)37/h1-12,20,31H. The lowest BCUT2D eigenvalue weighted by Crippen LogP contribution is -2.29. The number of amides is 1. The third-order valence-corrected chi connectivity index (χ3v) is 5.67. The molecule has 1 aliphatic heterocycles. The number of non-ortho nitro benzene ring substituents is 2. The number of anilines is 1. The van der Waals surface area contributed by atoms with E-state index in [-0.39, 0.29) is 28.2 Å². The SMILES string of the molecule is O=C1C(=O)N(c2cccc(C(F)(F)F)c2)C(c2ccc([N+](=O)[O-])cc2)C1=C(O)c1ccc([N+](=O)[O-])cc1. The van der Waals surface area contributed by atoms with E-state index in [9.17, 15) is 48.1 Å². The second-order valence-corrected chi connectivity index (χ2v) is 7.87. The Hall–Kier alpha value is -5.07. The number of aliphatic hydroxyl groups excluding tert-OH is 1. The number of ketones is 1. The molecule has 13 heteroatoms. The summed E-state index contributed by atoms with van der Waals surface area (Å²) in [6.07, 6.45) is -4.76. The number of nitro groups is 2. The summed E-state index contributed by atoms with van der Waals surface area (Å²) < 4.78 is 40.1. The van der Waals surface area contributed by atoms with Crippen molar-refractivity contribution in [2.24, 2.45) is 0 Å². The zero-order valence-electron chi connectivity index (χ0n) is 18.4. The molecule has 3 aromatic carbocycles. The highest BCUT2D eigenvalue weighted by Gasteiger charge is 2.47. The van der Waals surface area contributed by atoms with Gasteiger partial charge in [0, 0.05) is 35.5 Å². The van der Waals surface area contributed by atoms with Gasteiger partial charge in [-0.3, -0.25) is 34.7 Å². The fourth-order valence-corrected chi connectivity index (χ4v) is 3.92. The van der Waals surface area contributed by atoms with Crippen molar-refractivity contribution in [2.75, 3.05) is 4.90 Å². The molecule has 1 unspecified atom stereocenters. The second-order valence-electron chi connectivity index (χ2n) is 7.87. The first-order valence-electron chi connectivity index (χ1n) is 10.4. The summed E-state index contributed by atoms with van der Waals surface area (Å²) in [7, 11) is 0. The Morgan fingerprint density at radius 3 is 1.92 bits per heavy atom. The maximum atomic E-state index is 13.4. The van der Waals surface area contributed by atoms with E-state index in [1.54, 1.807) is 0 Å². The molecule has 1 heterocycles. The van der Waals surface area contributed by atoms with Crippen LogP contribution in [0.2, 0.25) is 0 Å². The van der Waals surface area contributed by atoms with E-state index in [1.807, 2.05) is 0 Å². The average molecular weight is 513 g/mol. The maximum absolute atomic E-state index is 13.4. The van der Waals surface area contributed by atoms with Gasteiger partial charge in [0.1, 0.15) is 5.76 Å². The number of carbonyl (C=O) groups excluding carboxylic acids is 2. The summed E-state index contributed by atoms with van der Waals surface area (Å²) in [6, 6.07) is 11.1. The first kappa shape index (κ1) is 25.0. The molecule has 4 rings (SSSR count). The molecule has 0 saturated carbocycles. The van der Waals surface area contributed by atoms with Crippen LogP contribution in [0.1, 0.15) is 22.7 Å². The zero-order chi connectivity index (χ0) is 27.1. The van der Waals surface area contributed by atoms with Gasteiger partial charge in [-0.05, 0) is 48.0 Å². The predicted octanol–water partition coefficient (Wildman–Crippen LogP) is 5.15. The average Bonchev–Trinajstić information content (AvgIpc) is 3.13. The third kappa shape index (κ3) is 4.61. The van der Waals surface area contributed by atoms with Crippen LogP contribution in [-0.4, -0.2) is 26.6 Å². The Kier molecular flexibility index (Phi) is 6.21. The number of carbonyl (C=O) groups is 2. The van der Waals surface area contributed by atoms with E-state index in [4.69, 9.17) is 0 Å². The summed E-state index contributed by atoms with van der Waals surface area (Å²) in [5.74, 6) is -3.20. The van der Waals surface area contributed by atoms with Crippen molar-refractivity contribution in [3.05, 3.63) is 115 Å². The number of alkyl halides is 3. The molecular formula is C24H14F3N3O7. The van der Waals surface area contributed by atoms with E-state index in [2.05, 4.69) is 0 Å². The largest absolute Gasteiger partial charge is 0.507 e.